The van der Waals surface area contributed by atoms with E-state index in [9.17, 15) is 4.79 Å². The van der Waals surface area contributed by atoms with E-state index in [1.165, 1.54) is 23.3 Å². The number of nitrogens with one attached hydrogen (secondary N) is 1. The fourth-order valence-corrected chi connectivity index (χ4v) is 5.41. The largest absolute Gasteiger partial charge is 0.479 e. The van der Waals surface area contributed by atoms with Crippen molar-refractivity contribution in [3.63, 3.8) is 0 Å². The molecule has 0 aliphatic heterocycles. The van der Waals surface area contributed by atoms with Crippen LogP contribution in [0.25, 0.3) is 0 Å². The summed E-state index contributed by atoms with van der Waals surface area (Å²) in [4.78, 5) is 19.6. The highest BCUT2D eigenvalue weighted by molar-refractivity contribution is 7.16. The molecule has 0 unspecified atom stereocenters. The van der Waals surface area contributed by atoms with Crippen molar-refractivity contribution in [1.82, 2.24) is 0 Å². The quantitative estimate of drug-likeness (QED) is 0.396. The van der Waals surface area contributed by atoms with E-state index in [2.05, 4.69) is 11.4 Å². The van der Waals surface area contributed by atoms with Crippen molar-refractivity contribution in [3.8, 4) is 11.8 Å². The van der Waals surface area contributed by atoms with Gasteiger partial charge >= 0.3 is 0 Å². The van der Waals surface area contributed by atoms with Crippen LogP contribution in [0.5, 0.6) is 5.75 Å². The number of carbonyl (C=O) groups is 1. The van der Waals surface area contributed by atoms with Gasteiger partial charge in [0.1, 0.15) is 16.8 Å². The molecule has 0 fully saturated rings. The number of benzene rings is 2. The number of thiophene rings is 1. The maximum Gasteiger partial charge on any atom is 0.259 e. The van der Waals surface area contributed by atoms with Crippen molar-refractivity contribution in [2.45, 2.75) is 52.4 Å². The van der Waals surface area contributed by atoms with Crippen LogP contribution in [-0.2, 0) is 12.8 Å². The zero-order chi connectivity index (χ0) is 23.9. The van der Waals surface area contributed by atoms with Crippen molar-refractivity contribution in [2.75, 3.05) is 11.9 Å². The number of anilines is 1. The summed E-state index contributed by atoms with van der Waals surface area (Å²) in [6.45, 7) is 4.06. The first-order valence-corrected chi connectivity index (χ1v) is 12.5. The Bertz CT molecular complexity index is 1240. The Hall–Kier alpha value is -3.43. The van der Waals surface area contributed by atoms with Crippen LogP contribution >= 0.6 is 11.3 Å². The lowest BCUT2D eigenvalue weighted by Gasteiger charge is -2.13. The molecule has 0 saturated carbocycles. The van der Waals surface area contributed by atoms with E-state index in [0.29, 0.717) is 11.3 Å². The minimum atomic E-state index is -0.0841. The minimum Gasteiger partial charge on any atom is -0.479 e. The molecule has 0 saturated heterocycles. The number of hydrogen-bond donors (Lipinski definition) is 1. The third kappa shape index (κ3) is 5.73. The Morgan fingerprint density at radius 3 is 2.65 bits per heavy atom. The molecule has 1 amide bonds. The molecule has 0 atom stereocenters. The third-order valence-electron chi connectivity index (χ3n) is 6.04. The Labute approximate surface area is 205 Å². The zero-order valence-corrected chi connectivity index (χ0v) is 20.5. The average Bonchev–Trinajstić information content (AvgIpc) is 3.15. The summed E-state index contributed by atoms with van der Waals surface area (Å²) in [6, 6.07) is 15.5. The molecule has 4 rings (SSSR count). The van der Waals surface area contributed by atoms with Gasteiger partial charge in [-0.2, -0.15) is 5.26 Å². The van der Waals surface area contributed by atoms with Gasteiger partial charge in [-0.05, 0) is 92.1 Å². The molecule has 1 N–H and O–H groups in total. The molecule has 1 aromatic heterocycles. The molecule has 3 aromatic rings. The molecular weight excluding hydrogens is 442 g/mol. The van der Waals surface area contributed by atoms with Gasteiger partial charge in [-0.15, -0.1) is 11.3 Å². The van der Waals surface area contributed by atoms with Crippen molar-refractivity contribution in [1.29, 1.82) is 5.26 Å². The smallest absolute Gasteiger partial charge is 0.259 e. The van der Waals surface area contributed by atoms with E-state index in [1.54, 1.807) is 17.6 Å². The fraction of sp³-hybridized carbons (Fsp3) is 0.321. The van der Waals surface area contributed by atoms with Gasteiger partial charge in [0.15, 0.2) is 6.61 Å². The van der Waals surface area contributed by atoms with Crippen LogP contribution in [0.15, 0.2) is 47.5 Å². The van der Waals surface area contributed by atoms with Crippen LogP contribution in [0.4, 0.5) is 10.7 Å². The van der Waals surface area contributed by atoms with Gasteiger partial charge in [-0.1, -0.05) is 25.0 Å². The molecular formula is C28H29N3O2S. The molecule has 1 heterocycles. The van der Waals surface area contributed by atoms with Crippen LogP contribution in [0.3, 0.4) is 0 Å². The maximum absolute atomic E-state index is 13.6. The van der Waals surface area contributed by atoms with Gasteiger partial charge in [0.05, 0.1) is 5.56 Å². The van der Waals surface area contributed by atoms with Crippen molar-refractivity contribution < 1.29 is 9.53 Å². The highest BCUT2D eigenvalue weighted by atomic mass is 32.1. The van der Waals surface area contributed by atoms with Gasteiger partial charge in [0.25, 0.3) is 5.91 Å². The summed E-state index contributed by atoms with van der Waals surface area (Å²) in [7, 11) is 0. The summed E-state index contributed by atoms with van der Waals surface area (Å²) < 4.78 is 5.32. The van der Waals surface area contributed by atoms with Crippen molar-refractivity contribution in [2.24, 2.45) is 4.99 Å². The van der Waals surface area contributed by atoms with Gasteiger partial charge in [-0.3, -0.25) is 4.79 Å². The normalized spacial score (nSPS) is 13.6. The first-order chi connectivity index (χ1) is 16.5. The van der Waals surface area contributed by atoms with Gasteiger partial charge < -0.3 is 10.1 Å². The minimum absolute atomic E-state index is 0.0209. The van der Waals surface area contributed by atoms with Gasteiger partial charge in [0, 0.05) is 16.8 Å². The molecule has 0 bridgehead atoms. The summed E-state index contributed by atoms with van der Waals surface area (Å²) in [6.07, 6.45) is 8.40. The topological polar surface area (TPSA) is 74.5 Å². The fourth-order valence-electron chi connectivity index (χ4n) is 4.18. The highest BCUT2D eigenvalue weighted by Gasteiger charge is 2.24. The first kappa shape index (κ1) is 23.7. The van der Waals surface area contributed by atoms with Crippen LogP contribution in [0, 0.1) is 25.2 Å². The average molecular weight is 472 g/mol. The van der Waals surface area contributed by atoms with Crippen LogP contribution < -0.4 is 10.1 Å². The standard InChI is InChI=1S/C28H29N3O2S/c1-19-9-10-20(2)24(17-19)31-27(32)26-23-7-5-3-4-6-8-25(23)34-28(26)30-18-21-11-13-22(14-12-21)33-16-15-29/h9-14,17-18H,3-8,16H2,1-2H3,(H,31,32). The number of hydrogen-bond acceptors (Lipinski definition) is 5. The SMILES string of the molecule is Cc1ccc(C)c(NC(=O)c2c(N=Cc3ccc(OCC#N)cc3)sc3c2CCCCCC3)c1. The number of aliphatic imine (C=N–C) groups is 1. The van der Waals surface area contributed by atoms with E-state index in [4.69, 9.17) is 15.0 Å². The first-order valence-electron chi connectivity index (χ1n) is 11.7. The number of carbonyl (C=O) groups excluding carboxylic acids is 1. The summed E-state index contributed by atoms with van der Waals surface area (Å²) >= 11 is 1.64. The van der Waals surface area contributed by atoms with Crippen LogP contribution in [-0.4, -0.2) is 18.7 Å². The van der Waals surface area contributed by atoms with E-state index in [-0.39, 0.29) is 12.5 Å². The summed E-state index contributed by atoms with van der Waals surface area (Å²) in [5.41, 5.74) is 5.79. The molecule has 2 aromatic carbocycles. The van der Waals surface area contributed by atoms with Crippen molar-refractivity contribution in [3.05, 3.63) is 75.2 Å². The second kappa shape index (κ2) is 11.1. The molecule has 1 aliphatic carbocycles. The number of amides is 1. The van der Waals surface area contributed by atoms with Gasteiger partial charge in [0.2, 0.25) is 0 Å². The monoisotopic (exact) mass is 471 g/mol. The number of rotatable bonds is 6. The molecule has 6 heteroatoms. The molecule has 34 heavy (non-hydrogen) atoms. The lowest BCUT2D eigenvalue weighted by Crippen LogP contribution is -2.15. The Morgan fingerprint density at radius 2 is 1.88 bits per heavy atom. The van der Waals surface area contributed by atoms with Crippen molar-refractivity contribution >= 4 is 34.1 Å². The highest BCUT2D eigenvalue weighted by Crippen LogP contribution is 2.39. The Kier molecular flexibility index (Phi) is 7.76. The number of fused-ring (bicyclic) bond motifs is 1. The number of nitrogens with zero attached hydrogens (tertiary/aromatic N) is 2. The van der Waals surface area contributed by atoms with E-state index < -0.39 is 0 Å². The third-order valence-corrected chi connectivity index (χ3v) is 7.24. The van der Waals surface area contributed by atoms with E-state index in [1.807, 2.05) is 56.3 Å². The molecule has 5 nitrogen and oxygen atoms in total. The summed E-state index contributed by atoms with van der Waals surface area (Å²) in [5, 5.41) is 12.6. The number of ether oxygens (including phenoxy) is 1. The Morgan fingerprint density at radius 1 is 1.12 bits per heavy atom. The molecule has 1 aliphatic rings. The molecule has 0 radical (unpaired) electrons. The predicted octanol–water partition coefficient (Wildman–Crippen LogP) is 6.93. The second-order valence-corrected chi connectivity index (χ2v) is 9.73. The maximum atomic E-state index is 13.6. The van der Waals surface area contributed by atoms with E-state index >= 15 is 0 Å². The predicted molar refractivity (Wildman–Crippen MR) is 139 cm³/mol. The van der Waals surface area contributed by atoms with Crippen LogP contribution in [0.1, 0.15) is 63.2 Å². The molecule has 0 spiro atoms. The van der Waals surface area contributed by atoms with Gasteiger partial charge in [-0.25, -0.2) is 4.99 Å². The Balaban J connectivity index is 1.65. The lowest BCUT2D eigenvalue weighted by molar-refractivity contribution is 0.102. The number of aryl methyl sites for hydroxylation is 3. The lowest BCUT2D eigenvalue weighted by atomic mass is 9.96. The number of nitriles is 1. The zero-order valence-electron chi connectivity index (χ0n) is 19.7. The molecule has 174 valence electrons. The van der Waals surface area contributed by atoms with E-state index in [0.717, 1.165) is 53.1 Å². The summed E-state index contributed by atoms with van der Waals surface area (Å²) in [5.74, 6) is 0.561. The van der Waals surface area contributed by atoms with Crippen LogP contribution in [0.2, 0.25) is 0 Å². The second-order valence-electron chi connectivity index (χ2n) is 8.64.